The fraction of sp³-hybridized carbons (Fsp3) is 0.538. The average molecular weight is 314 g/mol. The van der Waals surface area contributed by atoms with Crippen molar-refractivity contribution in [3.63, 3.8) is 0 Å². The average Bonchev–Trinajstić information content (AvgIpc) is 3.18. The highest BCUT2D eigenvalue weighted by Crippen LogP contribution is 2.58. The van der Waals surface area contributed by atoms with Crippen LogP contribution in [0, 0.1) is 0 Å². The Morgan fingerprint density at radius 3 is 2.72 bits per heavy atom. The quantitative estimate of drug-likeness (QED) is 0.929. The maximum absolute atomic E-state index is 5.94. The van der Waals surface area contributed by atoms with Gasteiger partial charge in [0.05, 0.1) is 11.6 Å². The second-order valence-corrected chi connectivity index (χ2v) is 5.63. The van der Waals surface area contributed by atoms with Crippen LogP contribution in [-0.2, 0) is 5.41 Å². The van der Waals surface area contributed by atoms with Gasteiger partial charge < -0.3 is 19.9 Å². The number of halogens is 1. The number of hydrogen-bond donors (Lipinski definition) is 1. The van der Waals surface area contributed by atoms with Gasteiger partial charge >= 0.3 is 0 Å². The van der Waals surface area contributed by atoms with Gasteiger partial charge in [0.1, 0.15) is 19.0 Å². The smallest absolute Gasteiger partial charge is 0.168 e. The highest BCUT2D eigenvalue weighted by atomic mass is 79.9. The first-order valence-electron chi connectivity index (χ1n) is 6.08. The van der Waals surface area contributed by atoms with Gasteiger partial charge in [-0.15, -0.1) is 0 Å². The van der Waals surface area contributed by atoms with Crippen LogP contribution in [0.3, 0.4) is 0 Å². The van der Waals surface area contributed by atoms with Crippen molar-refractivity contribution in [2.24, 2.45) is 5.73 Å². The minimum absolute atomic E-state index is 0.0000926. The van der Waals surface area contributed by atoms with E-state index in [1.54, 1.807) is 7.11 Å². The lowest BCUT2D eigenvalue weighted by molar-refractivity contribution is 0.167. The van der Waals surface area contributed by atoms with E-state index >= 15 is 0 Å². The molecule has 0 spiro atoms. The van der Waals surface area contributed by atoms with E-state index in [1.807, 2.05) is 6.07 Å². The molecule has 1 aromatic rings. The molecule has 0 radical (unpaired) electrons. The minimum atomic E-state index is -0.0000926. The lowest BCUT2D eigenvalue weighted by Crippen LogP contribution is -2.24. The summed E-state index contributed by atoms with van der Waals surface area (Å²) in [5, 5.41) is 0. The fourth-order valence-electron chi connectivity index (χ4n) is 2.53. The minimum Gasteiger partial charge on any atom is -0.495 e. The fourth-order valence-corrected chi connectivity index (χ4v) is 3.09. The highest BCUT2D eigenvalue weighted by molar-refractivity contribution is 9.10. The Kier molecular flexibility index (Phi) is 2.90. The van der Waals surface area contributed by atoms with Crippen molar-refractivity contribution < 1.29 is 14.2 Å². The predicted molar refractivity (Wildman–Crippen MR) is 71.7 cm³/mol. The van der Waals surface area contributed by atoms with E-state index in [1.165, 1.54) is 0 Å². The SMILES string of the molecule is COc1c(Br)cc2c(c1C1(CN)CC1)OCCO2. The van der Waals surface area contributed by atoms with E-state index < -0.39 is 0 Å². The molecule has 1 aliphatic heterocycles. The van der Waals surface area contributed by atoms with Crippen molar-refractivity contribution in [1.82, 2.24) is 0 Å². The van der Waals surface area contributed by atoms with Gasteiger partial charge in [-0.3, -0.25) is 0 Å². The number of fused-ring (bicyclic) bond motifs is 1. The Morgan fingerprint density at radius 2 is 2.11 bits per heavy atom. The molecule has 3 rings (SSSR count). The van der Waals surface area contributed by atoms with E-state index in [4.69, 9.17) is 19.9 Å². The summed E-state index contributed by atoms with van der Waals surface area (Å²) in [6.45, 7) is 1.77. The van der Waals surface area contributed by atoms with Gasteiger partial charge in [0.15, 0.2) is 11.5 Å². The first-order chi connectivity index (χ1) is 8.72. The number of rotatable bonds is 3. The topological polar surface area (TPSA) is 53.7 Å². The molecule has 4 nitrogen and oxygen atoms in total. The third kappa shape index (κ3) is 1.68. The van der Waals surface area contributed by atoms with Crippen molar-refractivity contribution in [3.8, 4) is 17.2 Å². The third-order valence-corrected chi connectivity index (χ3v) is 4.31. The van der Waals surface area contributed by atoms with Crippen LogP contribution >= 0.6 is 15.9 Å². The van der Waals surface area contributed by atoms with E-state index in [-0.39, 0.29) is 5.41 Å². The van der Waals surface area contributed by atoms with Crippen LogP contribution in [0.15, 0.2) is 10.5 Å². The molecular formula is C13H16BrNO3. The van der Waals surface area contributed by atoms with E-state index in [0.29, 0.717) is 19.8 Å². The number of hydrogen-bond acceptors (Lipinski definition) is 4. The molecule has 0 bridgehead atoms. The van der Waals surface area contributed by atoms with Crippen LogP contribution in [-0.4, -0.2) is 26.9 Å². The monoisotopic (exact) mass is 313 g/mol. The maximum Gasteiger partial charge on any atom is 0.168 e. The zero-order valence-corrected chi connectivity index (χ0v) is 11.9. The number of nitrogens with two attached hydrogens (primary N) is 1. The summed E-state index contributed by atoms with van der Waals surface area (Å²) in [5.74, 6) is 2.41. The zero-order valence-electron chi connectivity index (χ0n) is 10.3. The molecule has 98 valence electrons. The van der Waals surface area contributed by atoms with E-state index in [9.17, 15) is 0 Å². The molecule has 18 heavy (non-hydrogen) atoms. The molecule has 0 unspecified atom stereocenters. The molecule has 2 N–H and O–H groups in total. The maximum atomic E-state index is 5.94. The largest absolute Gasteiger partial charge is 0.495 e. The van der Waals surface area contributed by atoms with E-state index in [0.717, 1.165) is 40.1 Å². The van der Waals surface area contributed by atoms with Gasteiger partial charge in [-0.05, 0) is 28.8 Å². The summed E-state index contributed by atoms with van der Waals surface area (Å²) in [4.78, 5) is 0. The lowest BCUT2D eigenvalue weighted by Gasteiger charge is -2.27. The first kappa shape index (κ1) is 12.1. The van der Waals surface area contributed by atoms with Gasteiger partial charge in [-0.1, -0.05) is 0 Å². The Bertz CT molecular complexity index is 486. The normalized spacial score (nSPS) is 19.5. The van der Waals surface area contributed by atoms with Crippen molar-refractivity contribution in [3.05, 3.63) is 16.1 Å². The summed E-state index contributed by atoms with van der Waals surface area (Å²) in [6.07, 6.45) is 2.15. The van der Waals surface area contributed by atoms with E-state index in [2.05, 4.69) is 15.9 Å². The first-order valence-corrected chi connectivity index (χ1v) is 6.88. The molecule has 0 atom stereocenters. The molecule has 1 aliphatic carbocycles. The summed E-state index contributed by atoms with van der Waals surface area (Å²) in [5.41, 5.74) is 7.01. The van der Waals surface area contributed by atoms with Gasteiger partial charge in [0, 0.05) is 23.6 Å². The van der Waals surface area contributed by atoms with Crippen molar-refractivity contribution in [2.45, 2.75) is 18.3 Å². The molecule has 5 heteroatoms. The Morgan fingerprint density at radius 1 is 1.39 bits per heavy atom. The standard InChI is InChI=1S/C13H16BrNO3/c1-16-11-8(14)6-9-12(18-5-4-17-9)10(11)13(7-15)2-3-13/h6H,2-5,7,15H2,1H3. The van der Waals surface area contributed by atoms with Gasteiger partial charge in [0.2, 0.25) is 0 Å². The number of ether oxygens (including phenoxy) is 3. The summed E-state index contributed by atoms with van der Waals surface area (Å²) < 4.78 is 17.9. The number of benzene rings is 1. The van der Waals surface area contributed by atoms with Crippen LogP contribution in [0.25, 0.3) is 0 Å². The second-order valence-electron chi connectivity index (χ2n) is 4.78. The highest BCUT2D eigenvalue weighted by Gasteiger charge is 2.48. The molecule has 1 saturated carbocycles. The van der Waals surface area contributed by atoms with Crippen LogP contribution in [0.5, 0.6) is 17.2 Å². The summed E-state index contributed by atoms with van der Waals surface area (Å²) in [6, 6.07) is 1.91. The van der Waals surface area contributed by atoms with Crippen LogP contribution in [0.4, 0.5) is 0 Å². The zero-order chi connectivity index (χ0) is 12.8. The molecule has 0 aromatic heterocycles. The van der Waals surface area contributed by atoms with Gasteiger partial charge in [-0.25, -0.2) is 0 Å². The van der Waals surface area contributed by atoms with Gasteiger partial charge in [0.25, 0.3) is 0 Å². The Balaban J connectivity index is 2.22. The Hall–Kier alpha value is -0.940. The molecule has 1 aromatic carbocycles. The number of methoxy groups -OCH3 is 1. The molecule has 0 saturated heterocycles. The van der Waals surface area contributed by atoms with Crippen molar-refractivity contribution in [2.75, 3.05) is 26.9 Å². The lowest BCUT2D eigenvalue weighted by atomic mass is 9.93. The van der Waals surface area contributed by atoms with Crippen LogP contribution in [0.1, 0.15) is 18.4 Å². The van der Waals surface area contributed by atoms with Crippen LogP contribution in [0.2, 0.25) is 0 Å². The molecule has 0 amide bonds. The van der Waals surface area contributed by atoms with Gasteiger partial charge in [-0.2, -0.15) is 0 Å². The summed E-state index contributed by atoms with van der Waals surface area (Å²) >= 11 is 3.53. The van der Waals surface area contributed by atoms with Crippen molar-refractivity contribution >= 4 is 15.9 Å². The molecule has 2 aliphatic rings. The van der Waals surface area contributed by atoms with Crippen molar-refractivity contribution in [1.29, 1.82) is 0 Å². The second kappa shape index (κ2) is 4.31. The molecule has 1 fully saturated rings. The van der Waals surface area contributed by atoms with Crippen LogP contribution < -0.4 is 19.9 Å². The Labute approximate surface area is 115 Å². The predicted octanol–water partition coefficient (Wildman–Crippen LogP) is 2.22. The molecular weight excluding hydrogens is 298 g/mol. The molecule has 1 heterocycles. The summed E-state index contributed by atoms with van der Waals surface area (Å²) in [7, 11) is 1.67. The third-order valence-electron chi connectivity index (χ3n) is 3.72.